The molecule has 3 rings (SSSR count). The van der Waals surface area contributed by atoms with Gasteiger partial charge < -0.3 is 10.1 Å². The molecule has 0 aliphatic rings. The van der Waals surface area contributed by atoms with Crippen LogP contribution in [0.15, 0.2) is 66.7 Å². The summed E-state index contributed by atoms with van der Waals surface area (Å²) in [6.07, 6.45) is 0. The molecule has 3 aromatic carbocycles. The van der Waals surface area contributed by atoms with Crippen molar-refractivity contribution in [2.45, 2.75) is 6.92 Å². The van der Waals surface area contributed by atoms with Crippen molar-refractivity contribution in [2.75, 3.05) is 11.9 Å². The number of carbonyl (C=O) groups is 3. The first kappa shape index (κ1) is 21.6. The van der Waals surface area contributed by atoms with Gasteiger partial charge in [-0.1, -0.05) is 47.0 Å². The highest BCUT2D eigenvalue weighted by Gasteiger charge is 2.14. The molecule has 7 heteroatoms. The number of aryl methyl sites for hydroxylation is 1. The Hall–Kier alpha value is -3.15. The van der Waals surface area contributed by atoms with Crippen LogP contribution in [0.5, 0.6) is 0 Å². The number of carbonyl (C=O) groups excluding carboxylic acids is 3. The largest absolute Gasteiger partial charge is 0.454 e. The van der Waals surface area contributed by atoms with Crippen LogP contribution in [0.25, 0.3) is 0 Å². The first-order valence-electron chi connectivity index (χ1n) is 8.97. The monoisotopic (exact) mass is 441 g/mol. The maximum absolute atomic E-state index is 12.3. The molecule has 0 aliphatic carbocycles. The first-order chi connectivity index (χ1) is 14.3. The highest BCUT2D eigenvalue weighted by Crippen LogP contribution is 2.23. The number of esters is 1. The second kappa shape index (κ2) is 9.57. The highest BCUT2D eigenvalue weighted by molar-refractivity contribution is 6.42. The number of benzene rings is 3. The van der Waals surface area contributed by atoms with Gasteiger partial charge in [-0.3, -0.25) is 9.59 Å². The molecule has 0 heterocycles. The lowest BCUT2D eigenvalue weighted by molar-refractivity contribution is 0.0474. The molecule has 0 atom stereocenters. The Kier molecular flexibility index (Phi) is 6.87. The third-order valence-corrected chi connectivity index (χ3v) is 4.98. The Morgan fingerprint density at radius 1 is 0.833 bits per heavy atom. The van der Waals surface area contributed by atoms with Crippen molar-refractivity contribution in [1.29, 1.82) is 0 Å². The number of hydrogen-bond acceptors (Lipinski definition) is 4. The summed E-state index contributed by atoms with van der Waals surface area (Å²) in [5.41, 5.74) is 2.48. The van der Waals surface area contributed by atoms with E-state index in [9.17, 15) is 14.4 Å². The summed E-state index contributed by atoms with van der Waals surface area (Å²) in [4.78, 5) is 36.9. The third kappa shape index (κ3) is 5.47. The number of Topliss-reactive ketones (excluding diaryl/α,β-unsaturated/α-hetero) is 1. The zero-order valence-electron chi connectivity index (χ0n) is 15.9. The fraction of sp³-hybridized carbons (Fsp3) is 0.0870. The predicted octanol–water partition coefficient (Wildman–Crippen LogP) is 5.59. The quantitative estimate of drug-likeness (QED) is 0.399. The average molecular weight is 442 g/mol. The Bertz CT molecular complexity index is 1110. The molecule has 0 bridgehead atoms. The lowest BCUT2D eigenvalue weighted by atomic mass is 10.1. The minimum Gasteiger partial charge on any atom is -0.454 e. The van der Waals surface area contributed by atoms with Crippen molar-refractivity contribution in [2.24, 2.45) is 0 Å². The summed E-state index contributed by atoms with van der Waals surface area (Å²) in [6, 6.07) is 17.8. The van der Waals surface area contributed by atoms with E-state index in [1.807, 2.05) is 19.1 Å². The molecule has 0 radical (unpaired) electrons. The zero-order valence-corrected chi connectivity index (χ0v) is 17.5. The highest BCUT2D eigenvalue weighted by atomic mass is 35.5. The molecule has 0 spiro atoms. The number of halogens is 2. The summed E-state index contributed by atoms with van der Waals surface area (Å²) in [6.45, 7) is 1.49. The number of ketones is 1. The Labute approximate surface area is 183 Å². The Balaban J connectivity index is 1.62. The van der Waals surface area contributed by atoms with Crippen molar-refractivity contribution >= 4 is 46.5 Å². The van der Waals surface area contributed by atoms with Crippen LogP contribution in [0.4, 0.5) is 5.69 Å². The topological polar surface area (TPSA) is 72.5 Å². The molecule has 3 aromatic rings. The van der Waals surface area contributed by atoms with E-state index in [2.05, 4.69) is 5.32 Å². The van der Waals surface area contributed by atoms with E-state index in [0.29, 0.717) is 16.3 Å². The number of nitrogens with one attached hydrogen (secondary N) is 1. The predicted molar refractivity (Wildman–Crippen MR) is 117 cm³/mol. The van der Waals surface area contributed by atoms with Gasteiger partial charge in [0.15, 0.2) is 12.4 Å². The third-order valence-electron chi connectivity index (χ3n) is 4.25. The lowest BCUT2D eigenvalue weighted by Gasteiger charge is -2.08. The van der Waals surface area contributed by atoms with Gasteiger partial charge in [-0.2, -0.15) is 0 Å². The molecular weight excluding hydrogens is 425 g/mol. The normalized spacial score (nSPS) is 10.4. The van der Waals surface area contributed by atoms with Crippen molar-refractivity contribution in [3.8, 4) is 0 Å². The number of ether oxygens (including phenoxy) is 1. The van der Waals surface area contributed by atoms with Gasteiger partial charge in [-0.05, 0) is 55.5 Å². The minimum absolute atomic E-state index is 0.207. The molecular formula is C23H17Cl2NO4. The maximum atomic E-state index is 12.3. The molecule has 0 fully saturated rings. The van der Waals surface area contributed by atoms with Gasteiger partial charge in [0, 0.05) is 16.8 Å². The van der Waals surface area contributed by atoms with Crippen LogP contribution in [0.3, 0.4) is 0 Å². The molecule has 0 unspecified atom stereocenters. The number of anilines is 1. The van der Waals surface area contributed by atoms with E-state index < -0.39 is 18.4 Å². The molecule has 5 nitrogen and oxygen atoms in total. The van der Waals surface area contributed by atoms with Crippen LogP contribution in [0.2, 0.25) is 10.0 Å². The van der Waals surface area contributed by atoms with E-state index in [1.165, 1.54) is 30.3 Å². The van der Waals surface area contributed by atoms with Gasteiger partial charge in [0.2, 0.25) is 0 Å². The van der Waals surface area contributed by atoms with Gasteiger partial charge >= 0.3 is 5.97 Å². The van der Waals surface area contributed by atoms with Gasteiger partial charge in [-0.15, -0.1) is 0 Å². The van der Waals surface area contributed by atoms with Crippen molar-refractivity contribution in [3.63, 3.8) is 0 Å². The second-order valence-electron chi connectivity index (χ2n) is 6.53. The van der Waals surface area contributed by atoms with E-state index in [0.717, 1.165) is 5.56 Å². The fourth-order valence-electron chi connectivity index (χ4n) is 2.60. The second-order valence-corrected chi connectivity index (χ2v) is 7.34. The maximum Gasteiger partial charge on any atom is 0.338 e. The SMILES string of the molecule is Cc1ccc(C(=O)Nc2cccc(C(=O)OCC(=O)c3ccc(Cl)c(Cl)c3)c2)cc1. The van der Waals surface area contributed by atoms with Crippen LogP contribution in [0, 0.1) is 6.92 Å². The zero-order chi connectivity index (χ0) is 21.7. The number of amides is 1. The van der Waals surface area contributed by atoms with Crippen LogP contribution >= 0.6 is 23.2 Å². The van der Waals surface area contributed by atoms with Crippen LogP contribution in [-0.4, -0.2) is 24.3 Å². The van der Waals surface area contributed by atoms with Gasteiger partial charge in [0.05, 0.1) is 15.6 Å². The average Bonchev–Trinajstić information content (AvgIpc) is 2.74. The minimum atomic E-state index is -0.685. The van der Waals surface area contributed by atoms with Crippen molar-refractivity contribution in [1.82, 2.24) is 0 Å². The smallest absolute Gasteiger partial charge is 0.338 e. The van der Waals surface area contributed by atoms with E-state index in [1.54, 1.807) is 24.3 Å². The van der Waals surface area contributed by atoms with Crippen LogP contribution < -0.4 is 5.32 Å². The van der Waals surface area contributed by atoms with Crippen LogP contribution in [-0.2, 0) is 4.74 Å². The molecule has 152 valence electrons. The van der Waals surface area contributed by atoms with E-state index >= 15 is 0 Å². The van der Waals surface area contributed by atoms with Gasteiger partial charge in [-0.25, -0.2) is 4.79 Å². The van der Waals surface area contributed by atoms with Gasteiger partial charge in [0.1, 0.15) is 0 Å². The van der Waals surface area contributed by atoms with Crippen molar-refractivity contribution < 1.29 is 19.1 Å². The van der Waals surface area contributed by atoms with Gasteiger partial charge in [0.25, 0.3) is 5.91 Å². The summed E-state index contributed by atoms with van der Waals surface area (Å²) < 4.78 is 5.09. The molecule has 0 saturated carbocycles. The molecule has 0 saturated heterocycles. The first-order valence-corrected chi connectivity index (χ1v) is 9.72. The molecule has 0 aromatic heterocycles. The number of rotatable bonds is 6. The van der Waals surface area contributed by atoms with Crippen molar-refractivity contribution in [3.05, 3.63) is 99.0 Å². The summed E-state index contributed by atoms with van der Waals surface area (Å²) in [7, 11) is 0. The molecule has 0 aliphatic heterocycles. The van der Waals surface area contributed by atoms with E-state index in [-0.39, 0.29) is 22.1 Å². The lowest BCUT2D eigenvalue weighted by Crippen LogP contribution is -2.15. The molecule has 1 N–H and O–H groups in total. The Morgan fingerprint density at radius 3 is 2.23 bits per heavy atom. The summed E-state index contributed by atoms with van der Waals surface area (Å²) >= 11 is 11.7. The fourth-order valence-corrected chi connectivity index (χ4v) is 2.90. The summed E-state index contributed by atoms with van der Waals surface area (Å²) in [5.74, 6) is -1.39. The molecule has 1 amide bonds. The Morgan fingerprint density at radius 2 is 1.53 bits per heavy atom. The van der Waals surface area contributed by atoms with E-state index in [4.69, 9.17) is 27.9 Å². The number of hydrogen-bond donors (Lipinski definition) is 1. The van der Waals surface area contributed by atoms with Crippen LogP contribution in [0.1, 0.15) is 36.6 Å². The summed E-state index contributed by atoms with van der Waals surface area (Å²) in [5, 5.41) is 3.30. The standard InChI is InChI=1S/C23H17Cl2NO4/c1-14-5-7-15(8-6-14)22(28)26-18-4-2-3-17(11-18)23(29)30-13-21(27)16-9-10-19(24)20(25)12-16/h2-12H,13H2,1H3,(H,26,28). The molecule has 30 heavy (non-hydrogen) atoms.